The van der Waals surface area contributed by atoms with Gasteiger partial charge in [-0.15, -0.1) is 0 Å². The van der Waals surface area contributed by atoms with Crippen molar-refractivity contribution in [1.82, 2.24) is 15.1 Å². The molecule has 0 aromatic rings. The molecule has 0 aromatic carbocycles. The highest BCUT2D eigenvalue weighted by molar-refractivity contribution is 5.79. The van der Waals surface area contributed by atoms with Crippen LogP contribution in [0, 0.1) is 0 Å². The van der Waals surface area contributed by atoms with Crippen LogP contribution in [-0.4, -0.2) is 91.5 Å². The first-order valence-corrected chi connectivity index (χ1v) is 9.62. The van der Waals surface area contributed by atoms with Crippen molar-refractivity contribution >= 4 is 18.0 Å². The fourth-order valence-electron chi connectivity index (χ4n) is 2.32. The number of hydrogen-bond donors (Lipinski definition) is 2. The van der Waals surface area contributed by atoms with E-state index in [0.717, 1.165) is 6.54 Å². The van der Waals surface area contributed by atoms with Crippen LogP contribution < -0.4 is 5.32 Å². The number of alkyl carbamates (subject to hydrolysis) is 1. The highest BCUT2D eigenvalue weighted by Gasteiger charge is 2.20. The highest BCUT2D eigenvalue weighted by atomic mass is 16.6. The number of aliphatic carboxylic acids is 1. The molecule has 9 heteroatoms. The van der Waals surface area contributed by atoms with Gasteiger partial charge in [0.05, 0.1) is 12.2 Å². The summed E-state index contributed by atoms with van der Waals surface area (Å²) in [5, 5.41) is 11.6. The summed E-state index contributed by atoms with van der Waals surface area (Å²) < 4.78 is 10.4. The summed E-state index contributed by atoms with van der Waals surface area (Å²) in [6.45, 7) is 9.44. The third-order valence-electron chi connectivity index (χ3n) is 3.88. The number of hydrogen-bond acceptors (Lipinski definition) is 6. The van der Waals surface area contributed by atoms with Crippen LogP contribution in [0.25, 0.3) is 0 Å². The van der Waals surface area contributed by atoms with Gasteiger partial charge in [0, 0.05) is 26.6 Å². The fourth-order valence-corrected chi connectivity index (χ4v) is 2.32. The minimum Gasteiger partial charge on any atom is -0.480 e. The van der Waals surface area contributed by atoms with Gasteiger partial charge >= 0.3 is 12.1 Å². The number of rotatable bonds is 13. The molecule has 0 aliphatic rings. The number of carbonyl (C=O) groups is 3. The maximum Gasteiger partial charge on any atom is 0.407 e. The lowest BCUT2D eigenvalue weighted by molar-refractivity contribution is -0.139. The van der Waals surface area contributed by atoms with E-state index in [2.05, 4.69) is 5.32 Å². The van der Waals surface area contributed by atoms with Gasteiger partial charge in [-0.2, -0.15) is 0 Å². The molecule has 0 radical (unpaired) electrons. The third-order valence-corrected chi connectivity index (χ3v) is 3.88. The number of carbonyl (C=O) groups excluding carboxylic acids is 2. The largest absolute Gasteiger partial charge is 0.480 e. The molecule has 0 aliphatic heterocycles. The number of unbranched alkanes of at least 4 members (excludes halogenated alkanes) is 1. The van der Waals surface area contributed by atoms with Gasteiger partial charge in [0.2, 0.25) is 5.91 Å². The van der Waals surface area contributed by atoms with Gasteiger partial charge in [0.1, 0.15) is 12.6 Å². The molecule has 1 atom stereocenters. The first-order valence-electron chi connectivity index (χ1n) is 9.62. The van der Waals surface area contributed by atoms with Crippen LogP contribution in [0.15, 0.2) is 0 Å². The predicted molar refractivity (Wildman–Crippen MR) is 106 cm³/mol. The number of amides is 2. The number of ether oxygens (including phenoxy) is 2. The smallest absolute Gasteiger partial charge is 0.407 e. The van der Waals surface area contributed by atoms with E-state index in [0.29, 0.717) is 25.9 Å². The van der Waals surface area contributed by atoms with Gasteiger partial charge in [-0.05, 0) is 54.1 Å². The van der Waals surface area contributed by atoms with Crippen molar-refractivity contribution in [3.63, 3.8) is 0 Å². The number of nitrogens with zero attached hydrogens (tertiary/aromatic N) is 2. The second kappa shape index (κ2) is 13.3. The van der Waals surface area contributed by atoms with Gasteiger partial charge in [0.25, 0.3) is 0 Å². The molecule has 0 rings (SSSR count). The van der Waals surface area contributed by atoms with Crippen LogP contribution in [0.3, 0.4) is 0 Å². The molecule has 9 nitrogen and oxygen atoms in total. The van der Waals surface area contributed by atoms with Gasteiger partial charge in [-0.25, -0.2) is 9.59 Å². The van der Waals surface area contributed by atoms with Crippen molar-refractivity contribution < 1.29 is 29.0 Å². The van der Waals surface area contributed by atoms with Crippen LogP contribution in [0.5, 0.6) is 0 Å². The molecule has 0 saturated heterocycles. The Bertz CT molecular complexity index is 491. The molecule has 0 saturated carbocycles. The summed E-state index contributed by atoms with van der Waals surface area (Å²) >= 11 is 0. The zero-order valence-electron chi connectivity index (χ0n) is 18.1. The summed E-state index contributed by atoms with van der Waals surface area (Å²) in [5.74, 6) is -1.12. The van der Waals surface area contributed by atoms with Crippen molar-refractivity contribution in [2.45, 2.75) is 58.6 Å². The fraction of sp³-hybridized carbons (Fsp3) is 0.842. The average Bonchev–Trinajstić information content (AvgIpc) is 2.55. The zero-order chi connectivity index (χ0) is 21.7. The summed E-state index contributed by atoms with van der Waals surface area (Å²) in [4.78, 5) is 38.5. The SMILES string of the molecule is CC(=O)N(CCCC[C@H](NC(=O)OCCOC(C)(C)C)C(=O)O)CCN(C)C. The Morgan fingerprint density at radius 3 is 2.18 bits per heavy atom. The predicted octanol–water partition coefficient (Wildman–Crippen LogP) is 1.56. The van der Waals surface area contributed by atoms with Crippen LogP contribution in [0.2, 0.25) is 0 Å². The Kier molecular flexibility index (Phi) is 12.4. The van der Waals surface area contributed by atoms with E-state index in [1.807, 2.05) is 39.8 Å². The topological polar surface area (TPSA) is 108 Å². The Morgan fingerprint density at radius 2 is 1.68 bits per heavy atom. The van der Waals surface area contributed by atoms with Crippen molar-refractivity contribution in [1.29, 1.82) is 0 Å². The molecule has 2 N–H and O–H groups in total. The molecular weight excluding hydrogens is 366 g/mol. The molecule has 0 unspecified atom stereocenters. The summed E-state index contributed by atoms with van der Waals surface area (Å²) in [6, 6.07) is -1.02. The first kappa shape index (κ1) is 26.1. The second-order valence-corrected chi connectivity index (χ2v) is 7.94. The van der Waals surface area contributed by atoms with E-state index in [-0.39, 0.29) is 31.1 Å². The minimum atomic E-state index is -1.11. The molecule has 164 valence electrons. The van der Waals surface area contributed by atoms with E-state index in [9.17, 15) is 19.5 Å². The number of carboxylic acids is 1. The van der Waals surface area contributed by atoms with Crippen molar-refractivity contribution in [3.8, 4) is 0 Å². The molecule has 0 aromatic heterocycles. The van der Waals surface area contributed by atoms with Crippen molar-refractivity contribution in [2.24, 2.45) is 0 Å². The molecule has 0 aliphatic carbocycles. The first-order chi connectivity index (χ1) is 12.9. The van der Waals surface area contributed by atoms with Gasteiger partial charge in [-0.3, -0.25) is 4.79 Å². The van der Waals surface area contributed by atoms with Gasteiger partial charge < -0.3 is 29.7 Å². The number of likely N-dealkylation sites (N-methyl/N-ethyl adjacent to an activating group) is 1. The van der Waals surface area contributed by atoms with Gasteiger partial charge in [0.15, 0.2) is 0 Å². The van der Waals surface area contributed by atoms with Gasteiger partial charge in [-0.1, -0.05) is 0 Å². The summed E-state index contributed by atoms with van der Waals surface area (Å²) in [5.41, 5.74) is -0.330. The summed E-state index contributed by atoms with van der Waals surface area (Å²) in [7, 11) is 3.88. The molecule has 28 heavy (non-hydrogen) atoms. The molecule has 0 spiro atoms. The van der Waals surface area contributed by atoms with Crippen LogP contribution in [-0.2, 0) is 19.1 Å². The third kappa shape index (κ3) is 14.2. The molecule has 0 fully saturated rings. The average molecular weight is 404 g/mol. The van der Waals surface area contributed by atoms with E-state index < -0.39 is 18.1 Å². The number of carboxylic acid groups (broad SMARTS) is 1. The quantitative estimate of drug-likeness (QED) is 0.449. The Labute approximate surface area is 168 Å². The van der Waals surface area contributed by atoms with E-state index >= 15 is 0 Å². The molecule has 0 heterocycles. The summed E-state index contributed by atoms with van der Waals surface area (Å²) in [6.07, 6.45) is 0.715. The van der Waals surface area contributed by atoms with Crippen molar-refractivity contribution in [3.05, 3.63) is 0 Å². The Balaban J connectivity index is 4.21. The second-order valence-electron chi connectivity index (χ2n) is 7.94. The maximum absolute atomic E-state index is 11.8. The lowest BCUT2D eigenvalue weighted by atomic mass is 10.1. The minimum absolute atomic E-state index is 0.00388. The lowest BCUT2D eigenvalue weighted by Crippen LogP contribution is -2.41. The monoisotopic (exact) mass is 403 g/mol. The maximum atomic E-state index is 11.8. The van der Waals surface area contributed by atoms with Crippen LogP contribution >= 0.6 is 0 Å². The normalized spacial score (nSPS) is 12.5. The van der Waals surface area contributed by atoms with E-state index in [4.69, 9.17) is 9.47 Å². The van der Waals surface area contributed by atoms with Crippen LogP contribution in [0.4, 0.5) is 4.79 Å². The molecule has 2 amide bonds. The Morgan fingerprint density at radius 1 is 1.04 bits per heavy atom. The zero-order valence-corrected chi connectivity index (χ0v) is 18.1. The standard InChI is InChI=1S/C19H37N3O6/c1-15(23)22(12-11-21(5)6)10-8-7-9-16(17(24)25)20-18(26)27-13-14-28-19(2,3)4/h16H,7-14H2,1-6H3,(H,20,26)(H,24,25)/t16-/m0/s1. The molecule has 0 bridgehead atoms. The Hall–Kier alpha value is -1.87. The van der Waals surface area contributed by atoms with Crippen LogP contribution in [0.1, 0.15) is 47.0 Å². The lowest BCUT2D eigenvalue weighted by Gasteiger charge is -2.23. The molecular formula is C19H37N3O6. The van der Waals surface area contributed by atoms with E-state index in [1.54, 1.807) is 4.90 Å². The highest BCUT2D eigenvalue weighted by Crippen LogP contribution is 2.06. The van der Waals surface area contributed by atoms with E-state index in [1.165, 1.54) is 6.92 Å². The van der Waals surface area contributed by atoms with Crippen molar-refractivity contribution in [2.75, 3.05) is 46.9 Å². The number of nitrogens with one attached hydrogen (secondary N) is 1.